The Balaban J connectivity index is 1.67. The molecule has 0 bridgehead atoms. The number of rotatable bonds is 4. The number of amides is 1. The molecule has 4 rings (SSSR count). The van der Waals surface area contributed by atoms with Gasteiger partial charge >= 0.3 is 6.09 Å². The lowest BCUT2D eigenvalue weighted by Gasteiger charge is -2.29. The maximum atomic E-state index is 12.1. The molecule has 0 fully saturated rings. The van der Waals surface area contributed by atoms with Crippen LogP contribution in [0.5, 0.6) is 5.75 Å². The SMILES string of the molecule is CN(C)C(=O)Oc1ccccc1CN1C=C(C2=NC(C)(C)CO2)Cc2ccccc21. The van der Waals surface area contributed by atoms with Gasteiger partial charge in [0.15, 0.2) is 0 Å². The monoisotopic (exact) mass is 405 g/mol. The van der Waals surface area contributed by atoms with Gasteiger partial charge in [0.05, 0.1) is 12.1 Å². The van der Waals surface area contributed by atoms with Crippen LogP contribution in [0.4, 0.5) is 10.5 Å². The first-order valence-corrected chi connectivity index (χ1v) is 10.1. The van der Waals surface area contributed by atoms with Crippen molar-refractivity contribution in [3.63, 3.8) is 0 Å². The minimum Gasteiger partial charge on any atom is -0.475 e. The largest absolute Gasteiger partial charge is 0.475 e. The summed E-state index contributed by atoms with van der Waals surface area (Å²) < 4.78 is 11.5. The number of fused-ring (bicyclic) bond motifs is 1. The zero-order chi connectivity index (χ0) is 21.3. The van der Waals surface area contributed by atoms with Gasteiger partial charge in [-0.2, -0.15) is 0 Å². The molecule has 0 unspecified atom stereocenters. The van der Waals surface area contributed by atoms with Crippen LogP contribution in [-0.2, 0) is 17.7 Å². The molecule has 6 nitrogen and oxygen atoms in total. The predicted molar refractivity (Wildman–Crippen MR) is 118 cm³/mol. The summed E-state index contributed by atoms with van der Waals surface area (Å²) in [6.07, 6.45) is 2.49. The molecule has 0 aromatic heterocycles. The standard InChI is InChI=1S/C24H27N3O3/c1-24(2)16-29-22(25-24)19-13-17-9-5-7-11-20(17)27(15-19)14-18-10-6-8-12-21(18)30-23(28)26(3)4/h5-12,15H,13-14,16H2,1-4H3. The third kappa shape index (κ3) is 4.17. The molecular weight excluding hydrogens is 378 g/mol. The Bertz CT molecular complexity index is 1020. The molecule has 0 radical (unpaired) electrons. The van der Waals surface area contributed by atoms with Gasteiger partial charge in [0.1, 0.15) is 12.4 Å². The first-order chi connectivity index (χ1) is 14.3. The Morgan fingerprint density at radius 1 is 1.17 bits per heavy atom. The van der Waals surface area contributed by atoms with E-state index in [0.717, 1.165) is 23.2 Å². The van der Waals surface area contributed by atoms with Crippen molar-refractivity contribution in [2.45, 2.75) is 32.4 Å². The van der Waals surface area contributed by atoms with Crippen molar-refractivity contribution in [3.8, 4) is 5.75 Å². The summed E-state index contributed by atoms with van der Waals surface area (Å²) in [4.78, 5) is 20.4. The van der Waals surface area contributed by atoms with E-state index in [-0.39, 0.29) is 5.54 Å². The number of para-hydroxylation sites is 2. The highest BCUT2D eigenvalue weighted by molar-refractivity contribution is 5.96. The predicted octanol–water partition coefficient (Wildman–Crippen LogP) is 4.40. The van der Waals surface area contributed by atoms with E-state index in [0.29, 0.717) is 24.8 Å². The first-order valence-electron chi connectivity index (χ1n) is 10.1. The maximum Gasteiger partial charge on any atom is 0.414 e. The molecule has 2 heterocycles. The summed E-state index contributed by atoms with van der Waals surface area (Å²) in [5.41, 5.74) is 4.13. The number of carbonyl (C=O) groups is 1. The second-order valence-corrected chi connectivity index (χ2v) is 8.48. The number of hydrogen-bond donors (Lipinski definition) is 0. The summed E-state index contributed by atoms with van der Waals surface area (Å²) >= 11 is 0. The zero-order valence-electron chi connectivity index (χ0n) is 17.9. The van der Waals surface area contributed by atoms with E-state index in [1.54, 1.807) is 14.1 Å². The van der Waals surface area contributed by atoms with E-state index in [1.165, 1.54) is 10.5 Å². The molecule has 2 aliphatic rings. The van der Waals surface area contributed by atoms with E-state index >= 15 is 0 Å². The fourth-order valence-corrected chi connectivity index (χ4v) is 3.56. The van der Waals surface area contributed by atoms with E-state index < -0.39 is 6.09 Å². The fourth-order valence-electron chi connectivity index (χ4n) is 3.56. The van der Waals surface area contributed by atoms with E-state index in [4.69, 9.17) is 14.5 Å². The van der Waals surface area contributed by atoms with Gasteiger partial charge in [-0.1, -0.05) is 36.4 Å². The lowest BCUT2D eigenvalue weighted by molar-refractivity contribution is 0.171. The minimum absolute atomic E-state index is 0.203. The van der Waals surface area contributed by atoms with Gasteiger partial charge in [0.2, 0.25) is 5.90 Å². The molecule has 0 atom stereocenters. The van der Waals surface area contributed by atoms with Crippen LogP contribution in [0.3, 0.4) is 0 Å². The Morgan fingerprint density at radius 3 is 2.63 bits per heavy atom. The Morgan fingerprint density at radius 2 is 1.90 bits per heavy atom. The minimum atomic E-state index is -0.395. The Labute approximate surface area is 177 Å². The number of aliphatic imine (C=N–C) groups is 1. The van der Waals surface area contributed by atoms with Crippen molar-refractivity contribution in [2.75, 3.05) is 25.6 Å². The second-order valence-electron chi connectivity index (χ2n) is 8.48. The van der Waals surface area contributed by atoms with E-state index in [1.807, 2.05) is 36.4 Å². The lowest BCUT2D eigenvalue weighted by Crippen LogP contribution is -2.27. The van der Waals surface area contributed by atoms with Crippen molar-refractivity contribution in [3.05, 3.63) is 71.4 Å². The smallest absolute Gasteiger partial charge is 0.414 e. The molecule has 0 saturated heterocycles. The Hall–Kier alpha value is -3.28. The summed E-state index contributed by atoms with van der Waals surface area (Å²) in [6, 6.07) is 16.0. The van der Waals surface area contributed by atoms with Gasteiger partial charge in [-0.25, -0.2) is 9.79 Å². The third-order valence-electron chi connectivity index (χ3n) is 5.11. The normalized spacial score (nSPS) is 16.9. The van der Waals surface area contributed by atoms with E-state index in [2.05, 4.69) is 37.1 Å². The van der Waals surface area contributed by atoms with Crippen molar-refractivity contribution in [1.29, 1.82) is 0 Å². The molecular formula is C24H27N3O3. The van der Waals surface area contributed by atoms with Crippen LogP contribution in [0.15, 0.2) is 65.3 Å². The van der Waals surface area contributed by atoms with Gasteiger partial charge in [0.25, 0.3) is 0 Å². The number of hydrogen-bond acceptors (Lipinski definition) is 5. The van der Waals surface area contributed by atoms with Crippen LogP contribution < -0.4 is 9.64 Å². The number of ether oxygens (including phenoxy) is 2. The van der Waals surface area contributed by atoms with Crippen molar-refractivity contribution >= 4 is 17.7 Å². The van der Waals surface area contributed by atoms with Crippen molar-refractivity contribution in [2.24, 2.45) is 4.99 Å². The average molecular weight is 405 g/mol. The molecule has 0 aliphatic carbocycles. The number of benzene rings is 2. The summed E-state index contributed by atoms with van der Waals surface area (Å²) in [6.45, 7) is 5.30. The van der Waals surface area contributed by atoms with Gasteiger partial charge < -0.3 is 19.3 Å². The van der Waals surface area contributed by atoms with Gasteiger partial charge in [0, 0.05) is 43.5 Å². The third-order valence-corrected chi connectivity index (χ3v) is 5.11. The van der Waals surface area contributed by atoms with Crippen LogP contribution in [-0.4, -0.2) is 43.1 Å². The molecule has 0 saturated carbocycles. The number of carbonyl (C=O) groups excluding carboxylic acids is 1. The highest BCUT2D eigenvalue weighted by atomic mass is 16.6. The maximum absolute atomic E-state index is 12.1. The average Bonchev–Trinajstić information content (AvgIpc) is 3.09. The van der Waals surface area contributed by atoms with Crippen LogP contribution >= 0.6 is 0 Å². The zero-order valence-corrected chi connectivity index (χ0v) is 17.9. The topological polar surface area (TPSA) is 54.4 Å². The Kier molecular flexibility index (Phi) is 5.24. The summed E-state index contributed by atoms with van der Waals surface area (Å²) in [5, 5.41) is 0. The van der Waals surface area contributed by atoms with Crippen molar-refractivity contribution < 1.29 is 14.3 Å². The molecule has 2 aromatic carbocycles. The highest BCUT2D eigenvalue weighted by Gasteiger charge is 2.30. The second kappa shape index (κ2) is 7.86. The molecule has 2 aliphatic heterocycles. The van der Waals surface area contributed by atoms with Gasteiger partial charge in [-0.15, -0.1) is 0 Å². The molecule has 0 spiro atoms. The van der Waals surface area contributed by atoms with Crippen LogP contribution in [0.2, 0.25) is 0 Å². The van der Waals surface area contributed by atoms with Crippen LogP contribution in [0.1, 0.15) is 25.0 Å². The fraction of sp³-hybridized carbons (Fsp3) is 0.333. The molecule has 30 heavy (non-hydrogen) atoms. The first kappa shape index (κ1) is 20.0. The number of nitrogens with zero attached hydrogens (tertiary/aromatic N) is 3. The van der Waals surface area contributed by atoms with Gasteiger partial charge in [-0.3, -0.25) is 0 Å². The highest BCUT2D eigenvalue weighted by Crippen LogP contribution is 2.34. The molecule has 1 amide bonds. The molecule has 2 aromatic rings. The van der Waals surface area contributed by atoms with Crippen LogP contribution in [0.25, 0.3) is 0 Å². The van der Waals surface area contributed by atoms with Crippen molar-refractivity contribution in [1.82, 2.24) is 4.90 Å². The molecule has 6 heteroatoms. The van der Waals surface area contributed by atoms with Crippen LogP contribution in [0, 0.1) is 0 Å². The number of anilines is 1. The summed E-state index contributed by atoms with van der Waals surface area (Å²) in [7, 11) is 3.34. The van der Waals surface area contributed by atoms with Gasteiger partial charge in [-0.05, 0) is 31.5 Å². The quantitative estimate of drug-likeness (QED) is 0.757. The summed E-state index contributed by atoms with van der Waals surface area (Å²) in [5.74, 6) is 1.27. The molecule has 156 valence electrons. The molecule has 0 N–H and O–H groups in total. The van der Waals surface area contributed by atoms with E-state index in [9.17, 15) is 4.79 Å². The lowest BCUT2D eigenvalue weighted by atomic mass is 9.98.